The fourth-order valence-electron chi connectivity index (χ4n) is 3.87. The maximum atomic E-state index is 12.9. The van der Waals surface area contributed by atoms with Gasteiger partial charge in [0.05, 0.1) is 36.0 Å². The number of rotatable bonds is 6. The van der Waals surface area contributed by atoms with Crippen LogP contribution in [0.3, 0.4) is 0 Å². The third-order valence-electron chi connectivity index (χ3n) is 5.35. The van der Waals surface area contributed by atoms with Crippen molar-refractivity contribution in [2.24, 2.45) is 7.05 Å². The van der Waals surface area contributed by atoms with Gasteiger partial charge in [-0.2, -0.15) is 0 Å². The van der Waals surface area contributed by atoms with E-state index >= 15 is 0 Å². The van der Waals surface area contributed by atoms with E-state index in [0.29, 0.717) is 5.69 Å². The number of benzene rings is 1. The van der Waals surface area contributed by atoms with Crippen molar-refractivity contribution < 1.29 is 19.4 Å². The number of nitrogens with zero attached hydrogens (tertiary/aromatic N) is 2. The summed E-state index contributed by atoms with van der Waals surface area (Å²) in [5, 5.41) is 13.8. The van der Waals surface area contributed by atoms with E-state index in [1.54, 1.807) is 0 Å². The molecule has 1 aromatic heterocycles. The summed E-state index contributed by atoms with van der Waals surface area (Å²) >= 11 is 0. The average molecular weight is 373 g/mol. The van der Waals surface area contributed by atoms with Crippen molar-refractivity contribution >= 4 is 17.3 Å². The van der Waals surface area contributed by atoms with Gasteiger partial charge in [-0.3, -0.25) is 14.9 Å². The number of ether oxygens (including phenoxy) is 1. The normalized spacial score (nSPS) is 20.3. The summed E-state index contributed by atoms with van der Waals surface area (Å²) < 4.78 is 7.32. The molecule has 3 atom stereocenters. The van der Waals surface area contributed by atoms with Crippen LogP contribution >= 0.6 is 0 Å². The third-order valence-corrected chi connectivity index (χ3v) is 5.35. The van der Waals surface area contributed by atoms with Gasteiger partial charge in [0.25, 0.3) is 11.6 Å². The molecule has 0 bridgehead atoms. The van der Waals surface area contributed by atoms with Crippen LogP contribution in [0, 0.1) is 10.1 Å². The number of hydrogen-bond donors (Lipinski definition) is 2. The molecule has 2 aromatic rings. The topological polar surface area (TPSA) is 90.8 Å². The Kier molecular flexibility index (Phi) is 5.46. The van der Waals surface area contributed by atoms with Crippen LogP contribution in [0.5, 0.6) is 5.75 Å². The van der Waals surface area contributed by atoms with Crippen molar-refractivity contribution in [1.82, 2.24) is 4.57 Å². The van der Waals surface area contributed by atoms with Gasteiger partial charge in [0.15, 0.2) is 6.04 Å². The molecule has 0 aliphatic carbocycles. The molecular weight excluding hydrogens is 348 g/mol. The lowest BCUT2D eigenvalue weighted by Crippen LogP contribution is -3.15. The first-order chi connectivity index (χ1) is 12.9. The molecule has 8 heteroatoms. The lowest BCUT2D eigenvalue weighted by molar-refractivity contribution is -0.932. The number of nitro groups is 1. The zero-order chi connectivity index (χ0) is 19.6. The van der Waals surface area contributed by atoms with Crippen molar-refractivity contribution in [3.63, 3.8) is 0 Å². The smallest absolute Gasteiger partial charge is 0.282 e. The van der Waals surface area contributed by atoms with Gasteiger partial charge in [0.1, 0.15) is 11.8 Å². The quantitative estimate of drug-likeness (QED) is 0.595. The summed E-state index contributed by atoms with van der Waals surface area (Å²) in [7, 11) is 3.45. The molecule has 1 aliphatic heterocycles. The molecule has 0 radical (unpaired) electrons. The number of methoxy groups -OCH3 is 1. The molecule has 1 fully saturated rings. The second-order valence-corrected chi connectivity index (χ2v) is 6.92. The number of quaternary nitrogens is 1. The Labute approximate surface area is 157 Å². The first-order valence-corrected chi connectivity index (χ1v) is 9.02. The van der Waals surface area contributed by atoms with E-state index < -0.39 is 4.92 Å². The number of carbonyl (C=O) groups is 1. The lowest BCUT2D eigenvalue weighted by Gasteiger charge is -2.27. The van der Waals surface area contributed by atoms with E-state index in [-0.39, 0.29) is 29.4 Å². The summed E-state index contributed by atoms with van der Waals surface area (Å²) in [6.07, 6.45) is 4.15. The molecule has 1 aliphatic rings. The van der Waals surface area contributed by atoms with Gasteiger partial charge in [0.2, 0.25) is 0 Å². The number of carbonyl (C=O) groups excluding carboxylic acids is 1. The predicted molar refractivity (Wildman–Crippen MR) is 101 cm³/mol. The molecule has 1 amide bonds. The summed E-state index contributed by atoms with van der Waals surface area (Å²) in [5.41, 5.74) is 1.59. The van der Waals surface area contributed by atoms with Gasteiger partial charge < -0.3 is 19.5 Å². The van der Waals surface area contributed by atoms with Crippen molar-refractivity contribution in [2.75, 3.05) is 19.0 Å². The Morgan fingerprint density at radius 1 is 1.44 bits per heavy atom. The van der Waals surface area contributed by atoms with Gasteiger partial charge in [-0.25, -0.2) is 0 Å². The molecule has 1 aromatic carbocycles. The van der Waals surface area contributed by atoms with E-state index in [0.717, 1.165) is 19.4 Å². The number of likely N-dealkylation sites (tertiary alicyclic amines) is 1. The first-order valence-electron chi connectivity index (χ1n) is 9.02. The lowest BCUT2D eigenvalue weighted by atomic mass is 10.1. The first kappa shape index (κ1) is 18.9. The number of nitro benzene ring substituents is 1. The van der Waals surface area contributed by atoms with E-state index in [1.807, 2.05) is 26.2 Å². The summed E-state index contributed by atoms with van der Waals surface area (Å²) in [6.45, 7) is 2.85. The molecule has 8 nitrogen and oxygen atoms in total. The number of aryl methyl sites for hydroxylation is 1. The van der Waals surface area contributed by atoms with Crippen LogP contribution in [0.1, 0.15) is 31.5 Å². The van der Waals surface area contributed by atoms with Crippen LogP contribution in [0.15, 0.2) is 36.5 Å². The molecule has 27 heavy (non-hydrogen) atoms. The minimum Gasteiger partial charge on any atom is -0.494 e. The van der Waals surface area contributed by atoms with Gasteiger partial charge in [-0.1, -0.05) is 0 Å². The largest absolute Gasteiger partial charge is 0.494 e. The molecular formula is C19H25N4O4+. The fourth-order valence-corrected chi connectivity index (χ4v) is 3.87. The Bertz CT molecular complexity index is 848. The standard InChI is InChI=1S/C19H24N4O4/c1-13(22-11-5-7-17(22)16-6-4-10-21(16)2)19(24)20-15-9-8-14(23(25)26)12-18(15)27-3/h4,6,8-10,12-13,17H,5,7,11H2,1-3H3,(H,20,24)/p+1/t13-,17+/m0/s1. The van der Waals surface area contributed by atoms with E-state index in [4.69, 9.17) is 4.74 Å². The number of aromatic nitrogens is 1. The minimum atomic E-state index is -0.490. The molecule has 2 N–H and O–H groups in total. The van der Waals surface area contributed by atoms with Gasteiger partial charge in [-0.05, 0) is 25.1 Å². The second-order valence-electron chi connectivity index (χ2n) is 6.92. The summed E-state index contributed by atoms with van der Waals surface area (Å²) in [6, 6.07) is 8.35. The van der Waals surface area contributed by atoms with Crippen molar-refractivity contribution in [3.05, 3.63) is 52.3 Å². The fraction of sp³-hybridized carbons (Fsp3) is 0.421. The number of nitrogens with one attached hydrogen (secondary N) is 2. The highest BCUT2D eigenvalue weighted by Crippen LogP contribution is 2.29. The van der Waals surface area contributed by atoms with Crippen LogP contribution in [-0.2, 0) is 11.8 Å². The minimum absolute atomic E-state index is 0.0770. The van der Waals surface area contributed by atoms with E-state index in [1.165, 1.54) is 35.9 Å². The highest BCUT2D eigenvalue weighted by Gasteiger charge is 2.38. The Hall–Kier alpha value is -2.87. The highest BCUT2D eigenvalue weighted by atomic mass is 16.6. The van der Waals surface area contributed by atoms with Gasteiger partial charge in [0, 0.05) is 32.2 Å². The molecule has 2 heterocycles. The Morgan fingerprint density at radius 2 is 2.22 bits per heavy atom. The Morgan fingerprint density at radius 3 is 2.85 bits per heavy atom. The maximum absolute atomic E-state index is 12.9. The van der Waals surface area contributed by atoms with Crippen LogP contribution in [0.2, 0.25) is 0 Å². The maximum Gasteiger partial charge on any atom is 0.282 e. The molecule has 1 unspecified atom stereocenters. The molecule has 144 valence electrons. The monoisotopic (exact) mass is 373 g/mol. The number of non-ortho nitro benzene ring substituents is 1. The molecule has 3 rings (SSSR count). The summed E-state index contributed by atoms with van der Waals surface area (Å²) in [4.78, 5) is 24.5. The zero-order valence-corrected chi connectivity index (χ0v) is 15.8. The molecule has 0 spiro atoms. The Balaban J connectivity index is 1.76. The highest BCUT2D eigenvalue weighted by molar-refractivity contribution is 5.95. The van der Waals surface area contributed by atoms with Crippen molar-refractivity contribution in [2.45, 2.75) is 31.8 Å². The number of hydrogen-bond acceptors (Lipinski definition) is 4. The van der Waals surface area contributed by atoms with Crippen LogP contribution in [0.4, 0.5) is 11.4 Å². The molecule has 0 saturated carbocycles. The average Bonchev–Trinajstić information content (AvgIpc) is 3.29. The van der Waals surface area contributed by atoms with Crippen molar-refractivity contribution in [1.29, 1.82) is 0 Å². The predicted octanol–water partition coefficient (Wildman–Crippen LogP) is 1.69. The van der Waals surface area contributed by atoms with Crippen LogP contribution in [0.25, 0.3) is 0 Å². The SMILES string of the molecule is COc1cc([N+](=O)[O-])ccc1NC(=O)[C@H](C)[NH+]1CCC[C@@H]1c1cccn1C. The zero-order valence-electron chi connectivity index (χ0n) is 15.8. The number of anilines is 1. The van der Waals surface area contributed by atoms with Gasteiger partial charge >= 0.3 is 0 Å². The van der Waals surface area contributed by atoms with Crippen molar-refractivity contribution in [3.8, 4) is 5.75 Å². The van der Waals surface area contributed by atoms with Gasteiger partial charge in [-0.15, -0.1) is 0 Å². The van der Waals surface area contributed by atoms with E-state index in [9.17, 15) is 14.9 Å². The summed E-state index contributed by atoms with van der Waals surface area (Å²) in [5.74, 6) is 0.151. The number of amides is 1. The van der Waals surface area contributed by atoms with E-state index in [2.05, 4.69) is 16.0 Å². The molecule has 1 saturated heterocycles. The third kappa shape index (κ3) is 3.80. The second kappa shape index (κ2) is 7.79. The van der Waals surface area contributed by atoms with Crippen LogP contribution < -0.4 is 15.0 Å². The van der Waals surface area contributed by atoms with Crippen LogP contribution in [-0.4, -0.2) is 35.1 Å².